The molecule has 0 spiro atoms. The molecule has 31 heteroatoms. The number of hydrogen-bond donors (Lipinski definition) is 3. The van der Waals surface area contributed by atoms with Crippen LogP contribution in [0.5, 0.6) is 5.75 Å². The number of fused-ring (bicyclic) bond motifs is 1. The minimum atomic E-state index is -1.19. The van der Waals surface area contributed by atoms with E-state index in [0.29, 0.717) is 173 Å². The number of amides is 2. The summed E-state index contributed by atoms with van der Waals surface area (Å²) in [6.45, 7) is 15.2. The minimum absolute atomic E-state index is 0.00585. The smallest absolute Gasteiger partial charge is 0.410 e. The summed E-state index contributed by atoms with van der Waals surface area (Å²) in [5.41, 5.74) is 3.78. The van der Waals surface area contributed by atoms with Gasteiger partial charge < -0.3 is 86.8 Å². The molecule has 7 rings (SSSR count). The number of nitrogens with one attached hydrogen (secondary N) is 1. The first kappa shape index (κ1) is 81.2. The van der Waals surface area contributed by atoms with E-state index in [1.807, 2.05) is 54.3 Å². The Labute approximate surface area is 603 Å². The fraction of sp³-hybridized carbons (Fsp3) is 0.535. The highest BCUT2D eigenvalue weighted by Crippen LogP contribution is 2.35. The summed E-state index contributed by atoms with van der Waals surface area (Å²) < 4.78 is 79.5. The molecule has 0 aliphatic rings. The normalized spacial score (nSPS) is 11.7. The molecule has 1 unspecified atom stereocenters. The van der Waals surface area contributed by atoms with Crippen LogP contribution in [0.2, 0.25) is 0 Å². The number of carbonyl (C=O) groups excluding carboxylic acids is 2. The van der Waals surface area contributed by atoms with Gasteiger partial charge in [-0.3, -0.25) is 0 Å². The van der Waals surface area contributed by atoms with E-state index in [-0.39, 0.29) is 57.6 Å². The molecule has 2 amide bonds. The van der Waals surface area contributed by atoms with Crippen molar-refractivity contribution < 1.29 is 85.6 Å². The molecule has 28 nitrogen and oxygen atoms in total. The van der Waals surface area contributed by atoms with Crippen molar-refractivity contribution in [1.29, 1.82) is 0 Å². The fourth-order valence-electron chi connectivity index (χ4n) is 10.1. The molecule has 556 valence electrons. The van der Waals surface area contributed by atoms with Crippen LogP contribution in [0.4, 0.5) is 35.9 Å². The number of aromatic nitrogens is 7. The summed E-state index contributed by atoms with van der Waals surface area (Å²) in [5.74, 6) is 4.92. The average Bonchev–Trinajstić information content (AvgIpc) is 1.63. The maximum absolute atomic E-state index is 15.4. The van der Waals surface area contributed by atoms with E-state index >= 15 is 4.39 Å². The Morgan fingerprint density at radius 3 is 2.03 bits per heavy atom. The Morgan fingerprint density at radius 2 is 1.36 bits per heavy atom. The number of carboxylic acid groups (broad SMARTS) is 1. The lowest BCUT2D eigenvalue weighted by Crippen LogP contribution is -2.45. The van der Waals surface area contributed by atoms with Gasteiger partial charge in [-0.25, -0.2) is 33.4 Å². The highest BCUT2D eigenvalue weighted by atomic mass is 32.1. The summed E-state index contributed by atoms with van der Waals surface area (Å²) in [4.78, 5) is 53.1. The number of carboxylic acids is 1. The molecule has 0 saturated heterocycles. The molecule has 3 aromatic carbocycles. The highest BCUT2D eigenvalue weighted by molar-refractivity contribution is 7.22. The summed E-state index contributed by atoms with van der Waals surface area (Å²) in [7, 11) is 7.33. The van der Waals surface area contributed by atoms with Gasteiger partial charge in [-0.05, 0) is 98.5 Å². The third-order valence-corrected chi connectivity index (χ3v) is 17.4. The number of aliphatic hydroxyl groups is 1. The number of ether oxygens (including phenoxy) is 11. The van der Waals surface area contributed by atoms with Crippen LogP contribution >= 0.6 is 22.7 Å². The monoisotopic (exact) mass is 1460 g/mol. The van der Waals surface area contributed by atoms with Gasteiger partial charge in [0.25, 0.3) is 0 Å². The van der Waals surface area contributed by atoms with Gasteiger partial charge in [-0.2, -0.15) is 0 Å². The standard InChI is InChI=1S/C71H97FN12O16S2/c1-8-29-84(6,7)49-58(85)20-15-27-83(64-45-53(3)66(78-77-64)75-68-73-60-21-12-13-22-62(60)101-68)69-74-65(67(86)87)63(102-69)23-16-31-98-61-25-24-54(46-59(61)72)17-14-26-80(4)70(88)99-50-56-19-11-10-18-55(56)47-81(5)71(89)100-51-57-48-82(79-76-57)28-32-91-34-36-93-38-40-95-42-44-97-52-96-43-41-94-39-37-92-35-33-90-30-9-2/h10-13,18-19,21-22,24-25,45-46,48,58,85H,8-9,15-16,20,23,26-44,47,49-52H2,1-7H3,(H-,73,75,78,86,87)/p+1. The second-order valence-electron chi connectivity index (χ2n) is 24.3. The molecule has 102 heavy (non-hydrogen) atoms. The first-order chi connectivity index (χ1) is 49.5. The van der Waals surface area contributed by atoms with Crippen LogP contribution in [0.1, 0.15) is 89.3 Å². The van der Waals surface area contributed by atoms with Crippen molar-refractivity contribution in [2.75, 3.05) is 170 Å². The molecule has 7 aromatic rings. The molecule has 0 radical (unpaired) electrons. The van der Waals surface area contributed by atoms with Crippen molar-refractivity contribution in [2.24, 2.45) is 0 Å². The number of rotatable bonds is 50. The SMILES string of the molecule is CCCOCCOCCOCCOCOCCOCCOCCOCCn1cc(COC(=O)N(C)Cc2ccccc2COC(=O)N(C)CC#Cc2ccc(OCCCc3sc(N(CCCC(O)C[N+](C)(C)CCC)c4cc(C)c(Nc5nc6ccccc6s5)nn4)nc3C(=O)O)c(F)c2)nn1. The highest BCUT2D eigenvalue weighted by Gasteiger charge is 2.26. The van der Waals surface area contributed by atoms with Crippen LogP contribution in [-0.2, 0) is 80.1 Å². The molecule has 0 bridgehead atoms. The molecule has 1 atom stereocenters. The molecular formula is C71H98FN12O16S2+. The van der Waals surface area contributed by atoms with Gasteiger partial charge in [0.15, 0.2) is 39.2 Å². The van der Waals surface area contributed by atoms with Crippen LogP contribution in [0.15, 0.2) is 79.0 Å². The number of anilines is 4. The van der Waals surface area contributed by atoms with Crippen molar-refractivity contribution >= 4 is 72.9 Å². The largest absolute Gasteiger partial charge is 0.491 e. The van der Waals surface area contributed by atoms with E-state index in [2.05, 4.69) is 75.6 Å². The number of para-hydroxylation sites is 1. The quantitative estimate of drug-likeness (QED) is 0.0138. The zero-order valence-corrected chi connectivity index (χ0v) is 61.2. The lowest BCUT2D eigenvalue weighted by molar-refractivity contribution is -0.893. The Morgan fingerprint density at radius 1 is 0.716 bits per heavy atom. The van der Waals surface area contributed by atoms with Crippen molar-refractivity contribution in [2.45, 2.75) is 91.7 Å². The molecule has 0 aliphatic heterocycles. The van der Waals surface area contributed by atoms with Crippen LogP contribution in [0, 0.1) is 24.6 Å². The van der Waals surface area contributed by atoms with Crippen molar-refractivity contribution in [3.05, 3.63) is 123 Å². The number of aryl methyl sites for hydroxylation is 2. The second-order valence-corrected chi connectivity index (χ2v) is 26.4. The Hall–Kier alpha value is -8.10. The van der Waals surface area contributed by atoms with Gasteiger partial charge in [0.2, 0.25) is 0 Å². The van der Waals surface area contributed by atoms with E-state index in [9.17, 15) is 24.6 Å². The van der Waals surface area contributed by atoms with E-state index in [1.165, 1.54) is 51.7 Å². The Kier molecular flexibility index (Phi) is 35.9. The average molecular weight is 1460 g/mol. The lowest BCUT2D eigenvalue weighted by Gasteiger charge is -2.31. The van der Waals surface area contributed by atoms with Gasteiger partial charge in [0.1, 0.15) is 38.3 Å². The summed E-state index contributed by atoms with van der Waals surface area (Å²) in [6, 6.07) is 21.3. The number of carbonyl (C=O) groups is 3. The summed E-state index contributed by atoms with van der Waals surface area (Å²) in [5, 5.41) is 43.1. The van der Waals surface area contributed by atoms with E-state index in [4.69, 9.17) is 52.1 Å². The minimum Gasteiger partial charge on any atom is -0.491 e. The number of hydrogen-bond acceptors (Lipinski definition) is 25. The molecule has 0 fully saturated rings. The number of benzene rings is 3. The zero-order chi connectivity index (χ0) is 72.7. The zero-order valence-electron chi connectivity index (χ0n) is 59.5. The predicted molar refractivity (Wildman–Crippen MR) is 383 cm³/mol. The molecular weight excluding hydrogens is 1360 g/mol. The molecule has 4 heterocycles. The number of likely N-dealkylation sites (N-methyl/N-ethyl adjacent to an activating group) is 1. The molecule has 0 aliphatic carbocycles. The van der Waals surface area contributed by atoms with Gasteiger partial charge in [-0.15, -0.1) is 26.6 Å². The maximum atomic E-state index is 15.4. The van der Waals surface area contributed by atoms with Crippen LogP contribution in [0.3, 0.4) is 0 Å². The predicted octanol–water partition coefficient (Wildman–Crippen LogP) is 9.69. The molecule has 3 N–H and O–H groups in total. The number of halogens is 1. The van der Waals surface area contributed by atoms with E-state index in [1.54, 1.807) is 36.1 Å². The summed E-state index contributed by atoms with van der Waals surface area (Å²) in [6.07, 6.45) is 3.57. The topological polar surface area (TPSA) is 297 Å². The molecule has 4 aromatic heterocycles. The van der Waals surface area contributed by atoms with Crippen LogP contribution in [-0.4, -0.2) is 244 Å². The van der Waals surface area contributed by atoms with Gasteiger partial charge >= 0.3 is 18.2 Å². The Bertz CT molecular complexity index is 3670. The third-order valence-electron chi connectivity index (χ3n) is 15.3. The molecule has 0 saturated carbocycles. The van der Waals surface area contributed by atoms with Gasteiger partial charge in [0.05, 0.1) is 143 Å². The first-order valence-corrected chi connectivity index (χ1v) is 35.8. The Balaban J connectivity index is 0.766. The number of aliphatic hydroxyl groups excluding tert-OH is 1. The van der Waals surface area contributed by atoms with Gasteiger partial charge in [-0.1, -0.05) is 78.6 Å². The van der Waals surface area contributed by atoms with E-state index < -0.39 is 30.1 Å². The number of quaternary nitrogens is 1. The number of aromatic carboxylic acids is 1. The van der Waals surface area contributed by atoms with E-state index in [0.717, 1.165) is 47.3 Å². The van der Waals surface area contributed by atoms with Crippen molar-refractivity contribution in [3.8, 4) is 17.6 Å². The number of thiazole rings is 2. The number of nitrogens with zero attached hydrogens (tertiary/aromatic N) is 11. The lowest BCUT2D eigenvalue weighted by atomic mass is 10.1. The van der Waals surface area contributed by atoms with Crippen LogP contribution in [0.25, 0.3) is 10.2 Å². The second kappa shape index (κ2) is 45.1. The van der Waals surface area contributed by atoms with Crippen molar-refractivity contribution in [1.82, 2.24) is 45.0 Å². The first-order valence-electron chi connectivity index (χ1n) is 34.2. The fourth-order valence-corrected chi connectivity index (χ4v) is 12.1. The van der Waals surface area contributed by atoms with Crippen molar-refractivity contribution in [3.63, 3.8) is 0 Å². The maximum Gasteiger partial charge on any atom is 0.410 e. The van der Waals surface area contributed by atoms with Crippen LogP contribution < -0.4 is 15.0 Å². The third kappa shape index (κ3) is 29.3. The summed E-state index contributed by atoms with van der Waals surface area (Å²) >= 11 is 2.73. The van der Waals surface area contributed by atoms with Gasteiger partial charge in [0, 0.05) is 44.2 Å².